The average Bonchev–Trinajstić information content (AvgIpc) is 3.28. The van der Waals surface area contributed by atoms with E-state index in [2.05, 4.69) is 106 Å². The normalized spacial score (nSPS) is 19.8. The van der Waals surface area contributed by atoms with Crippen LogP contribution in [0, 0.1) is 26.7 Å². The first-order chi connectivity index (χ1) is 15.5. The molecule has 1 aliphatic rings. The lowest BCUT2D eigenvalue weighted by Crippen LogP contribution is -2.11. The summed E-state index contributed by atoms with van der Waals surface area (Å²) in [6.45, 7) is 11.2. The summed E-state index contributed by atoms with van der Waals surface area (Å²) in [6, 6.07) is 23.8. The quantitative estimate of drug-likeness (QED) is 0.341. The predicted molar refractivity (Wildman–Crippen MR) is 132 cm³/mol. The van der Waals surface area contributed by atoms with Crippen molar-refractivity contribution in [1.29, 1.82) is 0 Å². The van der Waals surface area contributed by atoms with Crippen molar-refractivity contribution in [3.05, 3.63) is 89.0 Å². The zero-order valence-electron chi connectivity index (χ0n) is 19.7. The molecule has 5 rings (SSSR count). The van der Waals surface area contributed by atoms with E-state index in [1.165, 1.54) is 34.2 Å². The molecule has 1 fully saturated rings. The monoisotopic (exact) mass is 421 g/mol. The van der Waals surface area contributed by atoms with Crippen molar-refractivity contribution >= 4 is 0 Å². The summed E-state index contributed by atoms with van der Waals surface area (Å²) in [7, 11) is 0. The standard InChI is InChI=1S/C29H31N3/c1-6-29(18-22(29)5)24-16-9-8-15-23(24)27-30-31-28(26-20(3)13-11-14-21(26)4)32(27)25-17-10-7-12-19(25)2/h7-17,22H,6,18H2,1-5H3. The van der Waals surface area contributed by atoms with Crippen molar-refractivity contribution < 1.29 is 0 Å². The van der Waals surface area contributed by atoms with E-state index < -0.39 is 0 Å². The lowest BCUT2D eigenvalue weighted by Gasteiger charge is -2.21. The van der Waals surface area contributed by atoms with Gasteiger partial charge in [0.25, 0.3) is 0 Å². The molecule has 0 aliphatic heterocycles. The van der Waals surface area contributed by atoms with Crippen LogP contribution in [0.3, 0.4) is 0 Å². The predicted octanol–water partition coefficient (Wildman–Crippen LogP) is 7.21. The minimum atomic E-state index is 0.248. The molecular formula is C29H31N3. The first-order valence-corrected chi connectivity index (χ1v) is 11.7. The van der Waals surface area contributed by atoms with Crippen LogP contribution in [-0.2, 0) is 5.41 Å². The maximum absolute atomic E-state index is 4.84. The van der Waals surface area contributed by atoms with Gasteiger partial charge in [0.15, 0.2) is 11.6 Å². The number of benzene rings is 3. The second-order valence-corrected chi connectivity index (χ2v) is 9.40. The van der Waals surface area contributed by atoms with E-state index in [0.29, 0.717) is 5.92 Å². The molecule has 3 heteroatoms. The summed E-state index contributed by atoms with van der Waals surface area (Å²) >= 11 is 0. The van der Waals surface area contributed by atoms with Crippen molar-refractivity contribution in [2.75, 3.05) is 0 Å². The first-order valence-electron chi connectivity index (χ1n) is 11.7. The van der Waals surface area contributed by atoms with Crippen LogP contribution in [-0.4, -0.2) is 14.8 Å². The first kappa shape index (κ1) is 20.7. The van der Waals surface area contributed by atoms with Crippen molar-refractivity contribution in [3.8, 4) is 28.5 Å². The molecule has 0 saturated heterocycles. The van der Waals surface area contributed by atoms with E-state index in [-0.39, 0.29) is 5.41 Å². The zero-order chi connectivity index (χ0) is 22.5. The maximum atomic E-state index is 4.84. The summed E-state index contributed by atoms with van der Waals surface area (Å²) in [4.78, 5) is 0. The SMILES string of the molecule is CCC1(c2ccccc2-c2nnc(-c3c(C)cccc3C)n2-c2ccccc2C)CC1C. The number of nitrogens with zero attached hydrogens (tertiary/aromatic N) is 3. The second kappa shape index (κ2) is 7.74. The topological polar surface area (TPSA) is 30.7 Å². The highest BCUT2D eigenvalue weighted by Gasteiger charge is 2.51. The molecule has 0 radical (unpaired) electrons. The molecular weight excluding hydrogens is 390 g/mol. The lowest BCUT2D eigenvalue weighted by molar-refractivity contribution is 0.608. The van der Waals surface area contributed by atoms with Gasteiger partial charge in [0.2, 0.25) is 0 Å². The highest BCUT2D eigenvalue weighted by atomic mass is 15.3. The van der Waals surface area contributed by atoms with Crippen molar-refractivity contribution in [2.24, 2.45) is 5.92 Å². The number of aromatic nitrogens is 3. The highest BCUT2D eigenvalue weighted by molar-refractivity contribution is 5.73. The fourth-order valence-corrected chi connectivity index (χ4v) is 5.49. The molecule has 162 valence electrons. The van der Waals surface area contributed by atoms with Gasteiger partial charge in [0.1, 0.15) is 0 Å². The van der Waals surface area contributed by atoms with Gasteiger partial charge in [-0.2, -0.15) is 0 Å². The van der Waals surface area contributed by atoms with Gasteiger partial charge in [0.05, 0.1) is 5.69 Å². The molecule has 0 N–H and O–H groups in total. The van der Waals surface area contributed by atoms with E-state index in [0.717, 1.165) is 29.3 Å². The fraction of sp³-hybridized carbons (Fsp3) is 0.310. The van der Waals surface area contributed by atoms with Gasteiger partial charge in [0, 0.05) is 11.1 Å². The fourth-order valence-electron chi connectivity index (χ4n) is 5.49. The molecule has 1 aliphatic carbocycles. The average molecular weight is 422 g/mol. The Morgan fingerprint density at radius 1 is 0.812 bits per heavy atom. The Morgan fingerprint density at radius 2 is 1.41 bits per heavy atom. The third-order valence-corrected chi connectivity index (χ3v) is 7.51. The Labute approximate surface area is 191 Å². The molecule has 2 atom stereocenters. The van der Waals surface area contributed by atoms with Crippen LogP contribution in [0.5, 0.6) is 0 Å². The Kier molecular flexibility index (Phi) is 5.00. The number of hydrogen-bond acceptors (Lipinski definition) is 2. The van der Waals surface area contributed by atoms with Crippen molar-refractivity contribution in [2.45, 2.75) is 52.9 Å². The molecule has 3 aromatic carbocycles. The van der Waals surface area contributed by atoms with Crippen LogP contribution < -0.4 is 0 Å². The van der Waals surface area contributed by atoms with Crippen LogP contribution in [0.25, 0.3) is 28.5 Å². The summed E-state index contributed by atoms with van der Waals surface area (Å²) in [5.41, 5.74) is 8.80. The van der Waals surface area contributed by atoms with Gasteiger partial charge in [-0.1, -0.05) is 74.5 Å². The molecule has 2 unspecified atom stereocenters. The number of rotatable bonds is 5. The minimum absolute atomic E-state index is 0.248. The van der Waals surface area contributed by atoms with Crippen LogP contribution >= 0.6 is 0 Å². The molecule has 4 aromatic rings. The summed E-state index contributed by atoms with van der Waals surface area (Å²) in [6.07, 6.45) is 2.39. The molecule has 1 saturated carbocycles. The Balaban J connectivity index is 1.82. The van der Waals surface area contributed by atoms with Crippen LogP contribution in [0.4, 0.5) is 0 Å². The third-order valence-electron chi connectivity index (χ3n) is 7.51. The molecule has 0 bridgehead atoms. The largest absolute Gasteiger partial charge is 0.275 e. The van der Waals surface area contributed by atoms with Gasteiger partial charge >= 0.3 is 0 Å². The molecule has 0 amide bonds. The number of aryl methyl sites for hydroxylation is 3. The van der Waals surface area contributed by atoms with Crippen LogP contribution in [0.2, 0.25) is 0 Å². The van der Waals surface area contributed by atoms with E-state index in [4.69, 9.17) is 10.2 Å². The molecule has 1 heterocycles. The molecule has 3 nitrogen and oxygen atoms in total. The van der Waals surface area contributed by atoms with Gasteiger partial charge in [-0.05, 0) is 73.3 Å². The number of hydrogen-bond donors (Lipinski definition) is 0. The van der Waals surface area contributed by atoms with Gasteiger partial charge in [-0.3, -0.25) is 4.57 Å². The lowest BCUT2D eigenvalue weighted by atomic mass is 9.87. The van der Waals surface area contributed by atoms with Gasteiger partial charge in [-0.25, -0.2) is 0 Å². The molecule has 0 spiro atoms. The Hall–Kier alpha value is -3.20. The third kappa shape index (κ3) is 3.10. The zero-order valence-corrected chi connectivity index (χ0v) is 19.7. The Morgan fingerprint density at radius 3 is 2.06 bits per heavy atom. The van der Waals surface area contributed by atoms with Gasteiger partial charge in [-0.15, -0.1) is 10.2 Å². The maximum Gasteiger partial charge on any atom is 0.169 e. The van der Waals surface area contributed by atoms with Crippen molar-refractivity contribution in [1.82, 2.24) is 14.8 Å². The van der Waals surface area contributed by atoms with E-state index in [1.807, 2.05) is 0 Å². The molecule has 1 aromatic heterocycles. The van der Waals surface area contributed by atoms with Crippen molar-refractivity contribution in [3.63, 3.8) is 0 Å². The second-order valence-electron chi connectivity index (χ2n) is 9.40. The summed E-state index contributed by atoms with van der Waals surface area (Å²) in [5, 5.41) is 9.64. The highest BCUT2D eigenvalue weighted by Crippen LogP contribution is 2.58. The van der Waals surface area contributed by atoms with Crippen LogP contribution in [0.15, 0.2) is 66.7 Å². The Bertz CT molecular complexity index is 1280. The summed E-state index contributed by atoms with van der Waals surface area (Å²) < 4.78 is 2.28. The van der Waals surface area contributed by atoms with E-state index in [9.17, 15) is 0 Å². The van der Waals surface area contributed by atoms with E-state index >= 15 is 0 Å². The number of para-hydroxylation sites is 1. The summed E-state index contributed by atoms with van der Waals surface area (Å²) in [5.74, 6) is 2.54. The minimum Gasteiger partial charge on any atom is -0.275 e. The molecule has 32 heavy (non-hydrogen) atoms. The smallest absolute Gasteiger partial charge is 0.169 e. The van der Waals surface area contributed by atoms with Gasteiger partial charge < -0.3 is 0 Å². The van der Waals surface area contributed by atoms with Crippen LogP contribution in [0.1, 0.15) is 48.9 Å². The van der Waals surface area contributed by atoms with E-state index in [1.54, 1.807) is 0 Å².